The lowest BCUT2D eigenvalue weighted by atomic mass is 9.94. The molecule has 0 aliphatic carbocycles. The Labute approximate surface area is 154 Å². The molecule has 3 aromatic rings. The smallest absolute Gasteiger partial charge is 0.289 e. The third-order valence-electron chi connectivity index (χ3n) is 4.71. The van der Waals surface area contributed by atoms with Crippen molar-refractivity contribution in [2.24, 2.45) is 0 Å². The summed E-state index contributed by atoms with van der Waals surface area (Å²) in [7, 11) is 0. The van der Waals surface area contributed by atoms with Crippen molar-refractivity contribution in [2.45, 2.75) is 25.3 Å². The van der Waals surface area contributed by atoms with Crippen molar-refractivity contribution in [1.82, 2.24) is 0 Å². The third kappa shape index (κ3) is 2.67. The molecule has 0 spiro atoms. The Morgan fingerprint density at radius 2 is 1.59 bits per heavy atom. The fourth-order valence-corrected chi connectivity index (χ4v) is 3.49. The van der Waals surface area contributed by atoms with Gasteiger partial charge in [0.25, 0.3) is 5.79 Å². The minimum atomic E-state index is -1.45. The lowest BCUT2D eigenvalue weighted by molar-refractivity contribution is -0.312. The van der Waals surface area contributed by atoms with E-state index >= 15 is 0 Å². The summed E-state index contributed by atoms with van der Waals surface area (Å²) in [6, 6.07) is 17.7. The lowest BCUT2D eigenvalue weighted by Gasteiger charge is -2.17. The molecule has 0 aromatic heterocycles. The van der Waals surface area contributed by atoms with Crippen LogP contribution in [0.25, 0.3) is 21.5 Å². The molecule has 3 atom stereocenters. The molecule has 3 unspecified atom stereocenters. The van der Waals surface area contributed by atoms with Gasteiger partial charge in [-0.3, -0.25) is 4.74 Å². The summed E-state index contributed by atoms with van der Waals surface area (Å²) in [4.78, 5) is 20.6. The van der Waals surface area contributed by atoms with Crippen LogP contribution in [0.2, 0.25) is 0 Å². The van der Waals surface area contributed by atoms with E-state index in [0.717, 1.165) is 32.7 Å². The van der Waals surface area contributed by atoms with Crippen LogP contribution in [0.5, 0.6) is 0 Å². The standard InChI is InChI=1S/C20H15NO6/c1-20(10-21)24-19(26-27-20)15-7-3-5-13-9-8-12-4-2-6-14(16(12)17(13)15)18-22-11-23-25-18/h2-9,18-19H,11H2,1H3. The Hall–Kier alpha value is -2.57. The van der Waals surface area contributed by atoms with Gasteiger partial charge in [0.1, 0.15) is 6.07 Å². The first-order valence-corrected chi connectivity index (χ1v) is 8.46. The van der Waals surface area contributed by atoms with Crippen LogP contribution in [-0.4, -0.2) is 12.6 Å². The van der Waals surface area contributed by atoms with Gasteiger partial charge in [-0.2, -0.15) is 19.9 Å². The predicted molar refractivity (Wildman–Crippen MR) is 92.3 cm³/mol. The number of benzene rings is 3. The van der Waals surface area contributed by atoms with E-state index in [1.54, 1.807) is 0 Å². The van der Waals surface area contributed by atoms with E-state index in [9.17, 15) is 5.26 Å². The first kappa shape index (κ1) is 16.6. The largest absolute Gasteiger partial charge is 0.316 e. The van der Waals surface area contributed by atoms with Crippen LogP contribution >= 0.6 is 0 Å². The van der Waals surface area contributed by atoms with Gasteiger partial charge in [-0.15, -0.1) is 0 Å². The van der Waals surface area contributed by atoms with Crippen LogP contribution < -0.4 is 0 Å². The topological polar surface area (TPSA) is 79.2 Å². The van der Waals surface area contributed by atoms with Gasteiger partial charge in [-0.1, -0.05) is 48.5 Å². The van der Waals surface area contributed by atoms with Crippen molar-refractivity contribution in [2.75, 3.05) is 6.79 Å². The van der Waals surface area contributed by atoms with Crippen LogP contribution in [0, 0.1) is 11.3 Å². The van der Waals surface area contributed by atoms with Crippen molar-refractivity contribution in [1.29, 1.82) is 5.26 Å². The molecule has 0 radical (unpaired) electrons. The molecular weight excluding hydrogens is 350 g/mol. The van der Waals surface area contributed by atoms with E-state index in [2.05, 4.69) is 0 Å². The summed E-state index contributed by atoms with van der Waals surface area (Å²) >= 11 is 0. The van der Waals surface area contributed by atoms with Gasteiger partial charge in [-0.25, -0.2) is 4.89 Å². The predicted octanol–water partition coefficient (Wildman–Crippen LogP) is 4.14. The van der Waals surface area contributed by atoms with E-state index in [1.165, 1.54) is 6.92 Å². The van der Waals surface area contributed by atoms with Gasteiger partial charge in [-0.05, 0) is 21.5 Å². The van der Waals surface area contributed by atoms with Crippen molar-refractivity contribution in [3.8, 4) is 6.07 Å². The summed E-state index contributed by atoms with van der Waals surface area (Å²) < 4.78 is 11.3. The monoisotopic (exact) mass is 365 g/mol. The first-order valence-electron chi connectivity index (χ1n) is 8.46. The fourth-order valence-electron chi connectivity index (χ4n) is 3.49. The average Bonchev–Trinajstić information content (AvgIpc) is 3.37. The average molecular weight is 365 g/mol. The molecule has 136 valence electrons. The normalized spacial score (nSPS) is 28.0. The zero-order valence-electron chi connectivity index (χ0n) is 14.4. The second-order valence-electron chi connectivity index (χ2n) is 6.47. The molecule has 2 fully saturated rings. The van der Waals surface area contributed by atoms with Gasteiger partial charge in [0, 0.05) is 18.1 Å². The van der Waals surface area contributed by atoms with Crippen LogP contribution in [-0.2, 0) is 29.0 Å². The molecule has 0 N–H and O–H groups in total. The molecule has 2 saturated heterocycles. The zero-order valence-corrected chi connectivity index (χ0v) is 14.4. The number of hydrogen-bond donors (Lipinski definition) is 0. The molecule has 2 heterocycles. The first-order chi connectivity index (χ1) is 13.2. The second-order valence-corrected chi connectivity index (χ2v) is 6.47. The highest BCUT2D eigenvalue weighted by molar-refractivity contribution is 6.11. The molecule has 2 aliphatic rings. The fraction of sp³-hybridized carbons (Fsp3) is 0.250. The maximum atomic E-state index is 9.24. The maximum Gasteiger partial charge on any atom is 0.289 e. The number of hydrogen-bond acceptors (Lipinski definition) is 7. The Balaban J connectivity index is 1.76. The third-order valence-corrected chi connectivity index (χ3v) is 4.71. The summed E-state index contributed by atoms with van der Waals surface area (Å²) in [6.45, 7) is 1.58. The molecule has 0 amide bonds. The Morgan fingerprint density at radius 1 is 0.926 bits per heavy atom. The summed E-state index contributed by atoms with van der Waals surface area (Å²) in [6.07, 6.45) is -1.46. The quantitative estimate of drug-likeness (QED) is 0.499. The van der Waals surface area contributed by atoms with Gasteiger partial charge < -0.3 is 4.74 Å². The van der Waals surface area contributed by atoms with Crippen LogP contribution in [0.4, 0.5) is 0 Å². The van der Waals surface area contributed by atoms with Gasteiger partial charge in [0.2, 0.25) is 12.6 Å². The Kier molecular flexibility index (Phi) is 3.84. The van der Waals surface area contributed by atoms with Crippen molar-refractivity contribution in [3.05, 3.63) is 59.7 Å². The number of ether oxygens (including phenoxy) is 2. The number of nitriles is 1. The number of nitrogens with zero attached hydrogens (tertiary/aromatic N) is 1. The van der Waals surface area contributed by atoms with Crippen LogP contribution in [0.15, 0.2) is 48.5 Å². The zero-order chi connectivity index (χ0) is 18.4. The molecule has 0 saturated carbocycles. The highest BCUT2D eigenvalue weighted by Gasteiger charge is 2.41. The highest BCUT2D eigenvalue weighted by Crippen LogP contribution is 2.42. The molecule has 0 bridgehead atoms. The van der Waals surface area contributed by atoms with Crippen molar-refractivity contribution >= 4 is 21.5 Å². The SMILES string of the molecule is CC1(C#N)OOC(c2cccc3ccc4cccc(C5OCOO5)c4c23)O1. The van der Waals surface area contributed by atoms with E-state index < -0.39 is 18.4 Å². The van der Waals surface area contributed by atoms with Crippen molar-refractivity contribution < 1.29 is 29.0 Å². The highest BCUT2D eigenvalue weighted by atomic mass is 17.3. The Morgan fingerprint density at radius 3 is 2.15 bits per heavy atom. The van der Waals surface area contributed by atoms with Crippen LogP contribution in [0.1, 0.15) is 30.6 Å². The molecule has 3 aromatic carbocycles. The van der Waals surface area contributed by atoms with Crippen molar-refractivity contribution in [3.63, 3.8) is 0 Å². The van der Waals surface area contributed by atoms with E-state index in [1.807, 2.05) is 54.6 Å². The van der Waals surface area contributed by atoms with E-state index in [-0.39, 0.29) is 6.79 Å². The molecule has 27 heavy (non-hydrogen) atoms. The summed E-state index contributed by atoms with van der Waals surface area (Å²) in [5.41, 5.74) is 1.59. The van der Waals surface area contributed by atoms with Gasteiger partial charge >= 0.3 is 0 Å². The lowest BCUT2D eigenvalue weighted by Crippen LogP contribution is -2.22. The minimum absolute atomic E-state index is 0.0713. The Bertz CT molecular complexity index is 1070. The molecule has 7 heteroatoms. The van der Waals surface area contributed by atoms with Gasteiger partial charge in [0.15, 0.2) is 6.79 Å². The molecule has 7 nitrogen and oxygen atoms in total. The summed E-state index contributed by atoms with van der Waals surface area (Å²) in [5, 5.41) is 13.1. The number of fused-ring (bicyclic) bond motifs is 3. The van der Waals surface area contributed by atoms with Gasteiger partial charge in [0.05, 0.1) is 0 Å². The molecule has 2 aliphatic heterocycles. The summed E-state index contributed by atoms with van der Waals surface area (Å²) in [5.74, 6) is -1.45. The maximum absolute atomic E-state index is 9.24. The second kappa shape index (κ2) is 6.25. The van der Waals surface area contributed by atoms with E-state index in [4.69, 9.17) is 29.0 Å². The minimum Gasteiger partial charge on any atom is -0.316 e. The molecule has 5 rings (SSSR count). The number of rotatable bonds is 2. The molecular formula is C20H15NO6. The van der Waals surface area contributed by atoms with E-state index in [0.29, 0.717) is 0 Å². The van der Waals surface area contributed by atoms with Crippen LogP contribution in [0.3, 0.4) is 0 Å².